The molecular formula is C14H18BrCl. The first-order chi connectivity index (χ1) is 7.62. The third-order valence-corrected chi connectivity index (χ3v) is 5.66. The van der Waals surface area contributed by atoms with Gasteiger partial charge in [-0.05, 0) is 36.3 Å². The van der Waals surface area contributed by atoms with Crippen molar-refractivity contribution in [1.82, 2.24) is 0 Å². The number of benzene rings is 1. The van der Waals surface area contributed by atoms with E-state index in [-0.39, 0.29) is 0 Å². The van der Waals surface area contributed by atoms with E-state index in [1.54, 1.807) is 0 Å². The van der Waals surface area contributed by atoms with Crippen LogP contribution >= 0.6 is 27.5 Å². The van der Waals surface area contributed by atoms with Crippen LogP contribution in [-0.2, 0) is 6.42 Å². The van der Waals surface area contributed by atoms with Crippen molar-refractivity contribution in [3.8, 4) is 0 Å². The van der Waals surface area contributed by atoms with Gasteiger partial charge in [-0.2, -0.15) is 0 Å². The lowest BCUT2D eigenvalue weighted by atomic mass is 9.82. The molecule has 2 rings (SSSR count). The summed E-state index contributed by atoms with van der Waals surface area (Å²) in [7, 11) is 0. The Morgan fingerprint density at radius 3 is 2.56 bits per heavy atom. The van der Waals surface area contributed by atoms with Gasteiger partial charge in [-0.3, -0.25) is 0 Å². The summed E-state index contributed by atoms with van der Waals surface area (Å²) in [5.74, 6) is 0. The molecule has 0 radical (unpaired) electrons. The summed E-state index contributed by atoms with van der Waals surface area (Å²) < 4.78 is 0. The third kappa shape index (κ3) is 2.62. The van der Waals surface area contributed by atoms with Crippen molar-refractivity contribution in [2.75, 3.05) is 0 Å². The van der Waals surface area contributed by atoms with E-state index in [1.807, 2.05) is 12.1 Å². The minimum Gasteiger partial charge on any atom is -0.0881 e. The van der Waals surface area contributed by atoms with Crippen LogP contribution in [0, 0.1) is 5.41 Å². The SMILES string of the molecule is CC1(C(Br)Cc2ccccc2Cl)CCCC1. The molecule has 0 spiro atoms. The summed E-state index contributed by atoms with van der Waals surface area (Å²) in [6, 6.07) is 8.17. The summed E-state index contributed by atoms with van der Waals surface area (Å²) >= 11 is 10.1. The molecule has 1 aliphatic rings. The Labute approximate surface area is 112 Å². The minimum atomic E-state index is 0.458. The second-order valence-corrected chi connectivity index (χ2v) is 6.64. The fraction of sp³-hybridized carbons (Fsp3) is 0.571. The Hall–Kier alpha value is -0.0100. The number of hydrogen-bond acceptors (Lipinski definition) is 0. The maximum Gasteiger partial charge on any atom is 0.0438 e. The van der Waals surface area contributed by atoms with E-state index < -0.39 is 0 Å². The molecule has 2 heteroatoms. The molecule has 1 fully saturated rings. The van der Waals surface area contributed by atoms with Crippen molar-refractivity contribution < 1.29 is 0 Å². The van der Waals surface area contributed by atoms with Crippen molar-refractivity contribution in [2.24, 2.45) is 5.41 Å². The van der Waals surface area contributed by atoms with Gasteiger partial charge < -0.3 is 0 Å². The van der Waals surface area contributed by atoms with Gasteiger partial charge >= 0.3 is 0 Å². The Morgan fingerprint density at radius 1 is 1.31 bits per heavy atom. The first kappa shape index (κ1) is 12.4. The maximum atomic E-state index is 6.20. The van der Waals surface area contributed by atoms with Crippen molar-refractivity contribution in [1.29, 1.82) is 0 Å². The van der Waals surface area contributed by atoms with Crippen LogP contribution in [0.2, 0.25) is 5.02 Å². The molecule has 1 aromatic carbocycles. The largest absolute Gasteiger partial charge is 0.0881 e. The zero-order valence-corrected chi connectivity index (χ0v) is 12.0. The van der Waals surface area contributed by atoms with Crippen molar-refractivity contribution in [3.63, 3.8) is 0 Å². The molecule has 0 aromatic heterocycles. The molecule has 1 aromatic rings. The highest BCUT2D eigenvalue weighted by molar-refractivity contribution is 9.09. The lowest BCUT2D eigenvalue weighted by molar-refractivity contribution is 0.326. The first-order valence-electron chi connectivity index (χ1n) is 5.99. The van der Waals surface area contributed by atoms with E-state index in [0.717, 1.165) is 11.4 Å². The van der Waals surface area contributed by atoms with E-state index in [2.05, 4.69) is 35.0 Å². The molecule has 0 nitrogen and oxygen atoms in total. The van der Waals surface area contributed by atoms with Gasteiger partial charge in [-0.25, -0.2) is 0 Å². The Kier molecular flexibility index (Phi) is 3.97. The van der Waals surface area contributed by atoms with Crippen molar-refractivity contribution in [3.05, 3.63) is 34.9 Å². The molecule has 1 atom stereocenters. The van der Waals surface area contributed by atoms with E-state index >= 15 is 0 Å². The van der Waals surface area contributed by atoms with Crippen LogP contribution in [0.4, 0.5) is 0 Å². The lowest BCUT2D eigenvalue weighted by Gasteiger charge is -2.30. The first-order valence-corrected chi connectivity index (χ1v) is 7.29. The second kappa shape index (κ2) is 5.10. The molecule has 1 saturated carbocycles. The van der Waals surface area contributed by atoms with Gasteiger partial charge in [-0.1, -0.05) is 65.5 Å². The number of hydrogen-bond donors (Lipinski definition) is 0. The smallest absolute Gasteiger partial charge is 0.0438 e. The summed E-state index contributed by atoms with van der Waals surface area (Å²) in [4.78, 5) is 0.544. The molecule has 1 aliphatic carbocycles. The topological polar surface area (TPSA) is 0 Å². The van der Waals surface area contributed by atoms with Gasteiger partial charge in [0.2, 0.25) is 0 Å². The third-order valence-electron chi connectivity index (χ3n) is 3.86. The zero-order chi connectivity index (χ0) is 11.6. The molecule has 0 amide bonds. The molecule has 0 heterocycles. The number of halogens is 2. The second-order valence-electron chi connectivity index (χ2n) is 5.12. The van der Waals surface area contributed by atoms with Crippen molar-refractivity contribution >= 4 is 27.5 Å². The van der Waals surface area contributed by atoms with Gasteiger partial charge in [0.1, 0.15) is 0 Å². The van der Waals surface area contributed by atoms with E-state index in [1.165, 1.54) is 31.2 Å². The Morgan fingerprint density at radius 2 is 1.94 bits per heavy atom. The summed E-state index contributed by atoms with van der Waals surface area (Å²) in [5, 5.41) is 0.897. The van der Waals surface area contributed by atoms with E-state index in [4.69, 9.17) is 11.6 Å². The lowest BCUT2D eigenvalue weighted by Crippen LogP contribution is -2.26. The molecule has 0 bridgehead atoms. The summed E-state index contributed by atoms with van der Waals surface area (Å²) in [6.07, 6.45) is 6.47. The van der Waals surface area contributed by atoms with Crippen LogP contribution in [0.3, 0.4) is 0 Å². The minimum absolute atomic E-state index is 0.458. The van der Waals surface area contributed by atoms with E-state index in [9.17, 15) is 0 Å². The molecule has 16 heavy (non-hydrogen) atoms. The van der Waals surface area contributed by atoms with Crippen LogP contribution in [0.15, 0.2) is 24.3 Å². The summed E-state index contributed by atoms with van der Waals surface area (Å²) in [5.41, 5.74) is 1.72. The van der Waals surface area contributed by atoms with Crippen LogP contribution < -0.4 is 0 Å². The monoisotopic (exact) mass is 300 g/mol. The highest BCUT2D eigenvalue weighted by Crippen LogP contribution is 2.45. The van der Waals surface area contributed by atoms with Crippen LogP contribution in [-0.4, -0.2) is 4.83 Å². The maximum absolute atomic E-state index is 6.20. The van der Waals surface area contributed by atoms with Crippen LogP contribution in [0.25, 0.3) is 0 Å². The fourth-order valence-electron chi connectivity index (χ4n) is 2.60. The van der Waals surface area contributed by atoms with Crippen molar-refractivity contribution in [2.45, 2.75) is 43.9 Å². The molecule has 0 aliphatic heterocycles. The van der Waals surface area contributed by atoms with Gasteiger partial charge in [0.15, 0.2) is 0 Å². The standard InChI is InChI=1S/C14H18BrCl/c1-14(8-4-5-9-14)13(15)10-11-6-2-3-7-12(11)16/h2-3,6-7,13H,4-5,8-10H2,1H3. The van der Waals surface area contributed by atoms with Gasteiger partial charge in [0.25, 0.3) is 0 Å². The molecule has 88 valence electrons. The molecule has 0 N–H and O–H groups in total. The predicted octanol–water partition coefficient (Wildman–Crippen LogP) is 5.23. The predicted molar refractivity (Wildman–Crippen MR) is 74.4 cm³/mol. The summed E-state index contributed by atoms with van der Waals surface area (Å²) in [6.45, 7) is 2.40. The number of alkyl halides is 1. The quantitative estimate of drug-likeness (QED) is 0.671. The van der Waals surface area contributed by atoms with Gasteiger partial charge in [0.05, 0.1) is 0 Å². The average molecular weight is 302 g/mol. The zero-order valence-electron chi connectivity index (χ0n) is 9.68. The molecule has 0 saturated heterocycles. The highest BCUT2D eigenvalue weighted by atomic mass is 79.9. The fourth-order valence-corrected chi connectivity index (χ4v) is 3.62. The molecular weight excluding hydrogens is 284 g/mol. The normalized spacial score (nSPS) is 20.9. The molecule has 1 unspecified atom stereocenters. The van der Waals surface area contributed by atoms with E-state index in [0.29, 0.717) is 10.2 Å². The Balaban J connectivity index is 2.07. The van der Waals surface area contributed by atoms with Gasteiger partial charge in [-0.15, -0.1) is 0 Å². The van der Waals surface area contributed by atoms with Gasteiger partial charge in [0, 0.05) is 9.85 Å². The highest BCUT2D eigenvalue weighted by Gasteiger charge is 2.35. The average Bonchev–Trinajstić information content (AvgIpc) is 2.70. The van der Waals surface area contributed by atoms with Crippen LogP contribution in [0.5, 0.6) is 0 Å². The Bertz CT molecular complexity index is 356. The van der Waals surface area contributed by atoms with Crippen LogP contribution in [0.1, 0.15) is 38.2 Å². The number of rotatable bonds is 3.